The normalized spacial score (nSPS) is 10.9. The van der Waals surface area contributed by atoms with Crippen LogP contribution >= 0.6 is 27.5 Å². The Balaban J connectivity index is 1.66. The van der Waals surface area contributed by atoms with E-state index in [-0.39, 0.29) is 5.82 Å². The van der Waals surface area contributed by atoms with Crippen molar-refractivity contribution in [2.24, 2.45) is 5.10 Å². The zero-order valence-electron chi connectivity index (χ0n) is 16.4. The van der Waals surface area contributed by atoms with Gasteiger partial charge in [0.25, 0.3) is 0 Å². The van der Waals surface area contributed by atoms with Crippen molar-refractivity contribution in [3.63, 3.8) is 0 Å². The molecule has 0 heterocycles. The standard InChI is InChI=1S/C23H21BrClFN2O2/c1-2-29-22-12-18(14-28-27-13-16-3-7-19(25)8-4-16)11-21(24)23(22)30-15-17-5-9-20(26)10-6-17/h3-12,14,27H,2,13,15H2,1H3/b28-14-. The summed E-state index contributed by atoms with van der Waals surface area (Å²) in [5, 5.41) is 4.98. The maximum atomic E-state index is 13.1. The van der Waals surface area contributed by atoms with Crippen molar-refractivity contribution in [2.45, 2.75) is 20.1 Å². The van der Waals surface area contributed by atoms with Crippen LogP contribution in [0.5, 0.6) is 11.5 Å². The van der Waals surface area contributed by atoms with Crippen LogP contribution in [-0.4, -0.2) is 12.8 Å². The summed E-state index contributed by atoms with van der Waals surface area (Å²) in [6, 6.07) is 17.5. The van der Waals surface area contributed by atoms with Crippen LogP contribution in [0.4, 0.5) is 4.39 Å². The molecule has 3 rings (SSSR count). The number of benzene rings is 3. The molecule has 7 heteroatoms. The molecule has 0 unspecified atom stereocenters. The molecule has 0 aromatic heterocycles. The van der Waals surface area contributed by atoms with Gasteiger partial charge in [0.15, 0.2) is 11.5 Å². The average molecular weight is 492 g/mol. The minimum atomic E-state index is -0.275. The van der Waals surface area contributed by atoms with Gasteiger partial charge >= 0.3 is 0 Å². The van der Waals surface area contributed by atoms with Crippen molar-refractivity contribution in [3.8, 4) is 11.5 Å². The van der Waals surface area contributed by atoms with Crippen LogP contribution in [0, 0.1) is 5.82 Å². The lowest BCUT2D eigenvalue weighted by Gasteiger charge is -2.14. The molecule has 0 fully saturated rings. The van der Waals surface area contributed by atoms with E-state index in [1.54, 1.807) is 18.3 Å². The van der Waals surface area contributed by atoms with Crippen LogP contribution in [0.25, 0.3) is 0 Å². The lowest BCUT2D eigenvalue weighted by atomic mass is 10.2. The third-order valence-corrected chi connectivity index (χ3v) is 4.97. The number of nitrogens with one attached hydrogen (secondary N) is 1. The van der Waals surface area contributed by atoms with Crippen molar-refractivity contribution in [1.29, 1.82) is 0 Å². The summed E-state index contributed by atoms with van der Waals surface area (Å²) < 4.78 is 25.5. The highest BCUT2D eigenvalue weighted by molar-refractivity contribution is 9.10. The number of halogens is 3. The number of ether oxygens (including phenoxy) is 2. The molecule has 0 saturated heterocycles. The van der Waals surface area contributed by atoms with E-state index in [9.17, 15) is 4.39 Å². The van der Waals surface area contributed by atoms with Crippen molar-refractivity contribution in [2.75, 3.05) is 6.61 Å². The predicted molar refractivity (Wildman–Crippen MR) is 122 cm³/mol. The fraction of sp³-hybridized carbons (Fsp3) is 0.174. The van der Waals surface area contributed by atoms with Gasteiger partial charge in [-0.3, -0.25) is 0 Å². The van der Waals surface area contributed by atoms with E-state index in [0.717, 1.165) is 21.2 Å². The molecule has 0 bridgehead atoms. The van der Waals surface area contributed by atoms with Crippen LogP contribution in [-0.2, 0) is 13.2 Å². The average Bonchev–Trinajstić information content (AvgIpc) is 2.73. The Labute approximate surface area is 188 Å². The fourth-order valence-electron chi connectivity index (χ4n) is 2.66. The summed E-state index contributed by atoms with van der Waals surface area (Å²) in [5.41, 5.74) is 5.81. The van der Waals surface area contributed by atoms with Gasteiger partial charge in [-0.15, -0.1) is 0 Å². The quantitative estimate of drug-likeness (QED) is 0.280. The van der Waals surface area contributed by atoms with E-state index in [2.05, 4.69) is 26.5 Å². The third-order valence-electron chi connectivity index (χ3n) is 4.13. The summed E-state index contributed by atoms with van der Waals surface area (Å²) in [7, 11) is 0. The summed E-state index contributed by atoms with van der Waals surface area (Å²) in [5.74, 6) is 0.920. The molecule has 0 spiro atoms. The van der Waals surface area contributed by atoms with Crippen LogP contribution in [0.1, 0.15) is 23.6 Å². The largest absolute Gasteiger partial charge is 0.490 e. The molecule has 0 aliphatic rings. The summed E-state index contributed by atoms with van der Waals surface area (Å²) >= 11 is 9.44. The molecule has 0 aliphatic carbocycles. The van der Waals surface area contributed by atoms with Gasteiger partial charge in [-0.05, 0) is 75.9 Å². The van der Waals surface area contributed by atoms with Crippen LogP contribution in [0.2, 0.25) is 5.02 Å². The first kappa shape index (κ1) is 22.1. The molecular formula is C23H21BrClFN2O2. The van der Waals surface area contributed by atoms with Gasteiger partial charge in [0.05, 0.1) is 23.8 Å². The molecule has 4 nitrogen and oxygen atoms in total. The van der Waals surface area contributed by atoms with Gasteiger partial charge < -0.3 is 14.9 Å². The summed E-state index contributed by atoms with van der Waals surface area (Å²) in [6.07, 6.45) is 1.72. The van der Waals surface area contributed by atoms with Crippen molar-refractivity contribution in [3.05, 3.63) is 92.7 Å². The molecule has 0 aliphatic heterocycles. The first-order chi connectivity index (χ1) is 14.5. The zero-order valence-corrected chi connectivity index (χ0v) is 18.7. The smallest absolute Gasteiger partial charge is 0.175 e. The Bertz CT molecular complexity index is 995. The predicted octanol–water partition coefficient (Wildman–Crippen LogP) is 6.34. The SMILES string of the molecule is CCOc1cc(/C=N\NCc2ccc(Cl)cc2)cc(Br)c1OCc1ccc(F)cc1. The van der Waals surface area contributed by atoms with E-state index < -0.39 is 0 Å². The van der Waals surface area contributed by atoms with Gasteiger partial charge in [-0.25, -0.2) is 4.39 Å². The molecule has 30 heavy (non-hydrogen) atoms. The van der Waals surface area contributed by atoms with E-state index >= 15 is 0 Å². The second kappa shape index (κ2) is 11.0. The van der Waals surface area contributed by atoms with E-state index in [1.165, 1.54) is 12.1 Å². The highest BCUT2D eigenvalue weighted by Gasteiger charge is 2.12. The molecule has 156 valence electrons. The number of nitrogens with zero attached hydrogens (tertiary/aromatic N) is 1. The minimum absolute atomic E-state index is 0.275. The van der Waals surface area contributed by atoms with Crippen molar-refractivity contribution >= 4 is 33.7 Å². The highest BCUT2D eigenvalue weighted by atomic mass is 79.9. The molecule has 0 atom stereocenters. The highest BCUT2D eigenvalue weighted by Crippen LogP contribution is 2.37. The van der Waals surface area contributed by atoms with Crippen LogP contribution in [0.3, 0.4) is 0 Å². The lowest BCUT2D eigenvalue weighted by molar-refractivity contribution is 0.267. The van der Waals surface area contributed by atoms with Crippen LogP contribution < -0.4 is 14.9 Å². The van der Waals surface area contributed by atoms with Crippen molar-refractivity contribution in [1.82, 2.24) is 5.43 Å². The second-order valence-electron chi connectivity index (χ2n) is 6.40. The van der Waals surface area contributed by atoms with Gasteiger partial charge in [-0.1, -0.05) is 35.9 Å². The number of rotatable bonds is 9. The molecule has 0 saturated carbocycles. The van der Waals surface area contributed by atoms with Gasteiger partial charge in [0.1, 0.15) is 12.4 Å². The van der Waals surface area contributed by atoms with Crippen molar-refractivity contribution < 1.29 is 13.9 Å². The fourth-order valence-corrected chi connectivity index (χ4v) is 3.36. The number of hydrogen-bond acceptors (Lipinski definition) is 4. The zero-order chi connectivity index (χ0) is 21.3. The Morgan fingerprint density at radius 2 is 1.73 bits per heavy atom. The van der Waals surface area contributed by atoms with Gasteiger partial charge in [0.2, 0.25) is 0 Å². The Hall–Kier alpha value is -2.57. The Kier molecular flexibility index (Phi) is 8.11. The molecular weight excluding hydrogens is 471 g/mol. The minimum Gasteiger partial charge on any atom is -0.490 e. The monoisotopic (exact) mass is 490 g/mol. The first-order valence-electron chi connectivity index (χ1n) is 9.39. The summed E-state index contributed by atoms with van der Waals surface area (Å²) in [4.78, 5) is 0. The molecule has 0 radical (unpaired) electrons. The third kappa shape index (κ3) is 6.47. The second-order valence-corrected chi connectivity index (χ2v) is 7.69. The molecule has 3 aromatic carbocycles. The lowest BCUT2D eigenvalue weighted by Crippen LogP contribution is -2.06. The van der Waals surface area contributed by atoms with E-state index in [0.29, 0.717) is 36.3 Å². The topological polar surface area (TPSA) is 42.8 Å². The number of hydrazone groups is 1. The summed E-state index contributed by atoms with van der Waals surface area (Å²) in [6.45, 7) is 3.29. The first-order valence-corrected chi connectivity index (χ1v) is 10.6. The van der Waals surface area contributed by atoms with Crippen LogP contribution in [0.15, 0.2) is 70.2 Å². The van der Waals surface area contributed by atoms with Gasteiger partial charge in [-0.2, -0.15) is 5.10 Å². The number of hydrogen-bond donors (Lipinski definition) is 1. The van der Waals surface area contributed by atoms with Gasteiger partial charge in [0, 0.05) is 5.02 Å². The maximum absolute atomic E-state index is 13.1. The van der Waals surface area contributed by atoms with E-state index in [4.69, 9.17) is 21.1 Å². The molecule has 1 N–H and O–H groups in total. The maximum Gasteiger partial charge on any atom is 0.175 e. The Morgan fingerprint density at radius 3 is 2.43 bits per heavy atom. The molecule has 0 amide bonds. The Morgan fingerprint density at radius 1 is 1.03 bits per heavy atom. The van der Waals surface area contributed by atoms with E-state index in [1.807, 2.05) is 43.3 Å². The molecule has 3 aromatic rings.